The second-order valence-corrected chi connectivity index (χ2v) is 5.64. The second kappa shape index (κ2) is 6.01. The Bertz CT molecular complexity index is 643. The van der Waals surface area contributed by atoms with E-state index in [-0.39, 0.29) is 12.1 Å². The minimum absolute atomic E-state index is 0.138. The van der Waals surface area contributed by atoms with Crippen LogP contribution in [0.4, 0.5) is 16.4 Å². The fourth-order valence-electron chi connectivity index (χ4n) is 2.63. The van der Waals surface area contributed by atoms with Crippen LogP contribution in [0, 0.1) is 0 Å². The Hall–Kier alpha value is -2.63. The van der Waals surface area contributed by atoms with E-state index in [1.165, 1.54) is 11.1 Å². The van der Waals surface area contributed by atoms with Crippen molar-refractivity contribution in [2.24, 2.45) is 0 Å². The molecule has 0 saturated carbocycles. The number of amides is 2. The van der Waals surface area contributed by atoms with Crippen LogP contribution in [-0.2, 0) is 12.8 Å². The van der Waals surface area contributed by atoms with E-state index in [1.54, 1.807) is 17.3 Å². The molecule has 0 radical (unpaired) electrons. The van der Waals surface area contributed by atoms with Crippen molar-refractivity contribution in [2.75, 3.05) is 24.3 Å². The highest BCUT2D eigenvalue weighted by atomic mass is 16.2. The van der Waals surface area contributed by atoms with Gasteiger partial charge in [0, 0.05) is 20.1 Å². The standard InChI is InChI=1S/C16H19N5O/c1-21(2)15-17-9-14(10-18-15)20-16(22)19-13-7-11-5-3-4-6-12(11)8-13/h3-6,9-10,13H,7-8H2,1-2H3,(H2,19,20,22). The zero-order valence-corrected chi connectivity index (χ0v) is 12.7. The van der Waals surface area contributed by atoms with Crippen LogP contribution in [0.5, 0.6) is 0 Å². The van der Waals surface area contributed by atoms with Crippen molar-refractivity contribution in [2.45, 2.75) is 18.9 Å². The largest absolute Gasteiger partial charge is 0.347 e. The molecular weight excluding hydrogens is 278 g/mol. The number of aromatic nitrogens is 2. The highest BCUT2D eigenvalue weighted by Crippen LogP contribution is 2.21. The van der Waals surface area contributed by atoms with Crippen LogP contribution < -0.4 is 15.5 Å². The van der Waals surface area contributed by atoms with E-state index in [9.17, 15) is 4.79 Å². The van der Waals surface area contributed by atoms with Crippen LogP contribution in [0.15, 0.2) is 36.7 Å². The predicted molar refractivity (Wildman–Crippen MR) is 86.2 cm³/mol. The highest BCUT2D eigenvalue weighted by Gasteiger charge is 2.22. The lowest BCUT2D eigenvalue weighted by Gasteiger charge is -2.14. The predicted octanol–water partition coefficient (Wildman–Crippen LogP) is 1.83. The smallest absolute Gasteiger partial charge is 0.319 e. The maximum atomic E-state index is 12.1. The summed E-state index contributed by atoms with van der Waals surface area (Å²) in [5.41, 5.74) is 3.21. The van der Waals surface area contributed by atoms with Crippen molar-refractivity contribution < 1.29 is 4.79 Å². The van der Waals surface area contributed by atoms with E-state index in [4.69, 9.17) is 0 Å². The number of urea groups is 1. The summed E-state index contributed by atoms with van der Waals surface area (Å²) in [6.07, 6.45) is 4.95. The molecule has 1 aliphatic rings. The molecule has 1 heterocycles. The SMILES string of the molecule is CN(C)c1ncc(NC(=O)NC2Cc3ccccc3C2)cn1. The minimum atomic E-state index is -0.223. The van der Waals surface area contributed by atoms with Gasteiger partial charge in [-0.2, -0.15) is 0 Å². The quantitative estimate of drug-likeness (QED) is 0.907. The number of carbonyl (C=O) groups is 1. The first-order chi connectivity index (χ1) is 10.6. The molecule has 0 bridgehead atoms. The lowest BCUT2D eigenvalue weighted by atomic mass is 10.1. The van der Waals surface area contributed by atoms with Crippen molar-refractivity contribution in [1.82, 2.24) is 15.3 Å². The Morgan fingerprint density at radius 2 is 1.73 bits per heavy atom. The number of fused-ring (bicyclic) bond motifs is 1. The molecule has 2 N–H and O–H groups in total. The normalized spacial score (nSPS) is 13.5. The average molecular weight is 297 g/mol. The van der Waals surface area contributed by atoms with Crippen LogP contribution in [-0.4, -0.2) is 36.1 Å². The third-order valence-electron chi connectivity index (χ3n) is 3.68. The lowest BCUT2D eigenvalue weighted by molar-refractivity contribution is 0.249. The van der Waals surface area contributed by atoms with Crippen molar-refractivity contribution in [3.8, 4) is 0 Å². The van der Waals surface area contributed by atoms with E-state index in [0.717, 1.165) is 12.8 Å². The first-order valence-corrected chi connectivity index (χ1v) is 7.25. The third-order valence-corrected chi connectivity index (χ3v) is 3.68. The van der Waals surface area contributed by atoms with Gasteiger partial charge in [0.2, 0.25) is 5.95 Å². The molecule has 0 unspecified atom stereocenters. The summed E-state index contributed by atoms with van der Waals surface area (Å²) in [5, 5.41) is 5.76. The van der Waals surface area contributed by atoms with Crippen LogP contribution >= 0.6 is 0 Å². The minimum Gasteiger partial charge on any atom is -0.347 e. The van der Waals surface area contributed by atoms with Crippen LogP contribution in [0.3, 0.4) is 0 Å². The molecule has 6 nitrogen and oxygen atoms in total. The molecule has 6 heteroatoms. The molecule has 2 aromatic rings. The summed E-state index contributed by atoms with van der Waals surface area (Å²) < 4.78 is 0. The maximum absolute atomic E-state index is 12.1. The van der Waals surface area contributed by atoms with Gasteiger partial charge < -0.3 is 15.5 Å². The number of benzene rings is 1. The van der Waals surface area contributed by atoms with Gasteiger partial charge in [-0.25, -0.2) is 14.8 Å². The summed E-state index contributed by atoms with van der Waals surface area (Å²) >= 11 is 0. The maximum Gasteiger partial charge on any atom is 0.319 e. The molecule has 114 valence electrons. The van der Waals surface area contributed by atoms with E-state index < -0.39 is 0 Å². The summed E-state index contributed by atoms with van der Waals surface area (Å²) in [6.45, 7) is 0. The number of carbonyl (C=O) groups excluding carboxylic acids is 1. The molecular formula is C16H19N5O. The summed E-state index contributed by atoms with van der Waals surface area (Å²) in [7, 11) is 3.74. The molecule has 0 fully saturated rings. The van der Waals surface area contributed by atoms with E-state index in [0.29, 0.717) is 11.6 Å². The van der Waals surface area contributed by atoms with Gasteiger partial charge in [-0.3, -0.25) is 0 Å². The highest BCUT2D eigenvalue weighted by molar-refractivity contribution is 5.89. The van der Waals surface area contributed by atoms with Crippen molar-refractivity contribution >= 4 is 17.7 Å². The molecule has 2 amide bonds. The van der Waals surface area contributed by atoms with Gasteiger partial charge >= 0.3 is 6.03 Å². The first kappa shape index (κ1) is 14.3. The second-order valence-electron chi connectivity index (χ2n) is 5.64. The number of hydrogen-bond acceptors (Lipinski definition) is 4. The zero-order chi connectivity index (χ0) is 15.5. The molecule has 0 atom stereocenters. The monoisotopic (exact) mass is 297 g/mol. The summed E-state index contributed by atoms with van der Waals surface area (Å²) in [4.78, 5) is 22.2. The Balaban J connectivity index is 1.55. The first-order valence-electron chi connectivity index (χ1n) is 7.25. The van der Waals surface area contributed by atoms with Crippen LogP contribution in [0.2, 0.25) is 0 Å². The van der Waals surface area contributed by atoms with Gasteiger partial charge in [0.05, 0.1) is 18.1 Å². The number of nitrogens with zero attached hydrogens (tertiary/aromatic N) is 3. The zero-order valence-electron chi connectivity index (χ0n) is 12.7. The Morgan fingerprint density at radius 1 is 1.14 bits per heavy atom. The van der Waals surface area contributed by atoms with E-state index in [1.807, 2.05) is 26.2 Å². The van der Waals surface area contributed by atoms with Gasteiger partial charge in [-0.1, -0.05) is 24.3 Å². The lowest BCUT2D eigenvalue weighted by Crippen LogP contribution is -2.38. The van der Waals surface area contributed by atoms with Gasteiger partial charge in [0.1, 0.15) is 0 Å². The Kier molecular flexibility index (Phi) is 3.91. The summed E-state index contributed by atoms with van der Waals surface area (Å²) in [5.74, 6) is 0.609. The molecule has 1 aromatic carbocycles. The van der Waals surface area contributed by atoms with E-state index in [2.05, 4.69) is 32.7 Å². The summed E-state index contributed by atoms with van der Waals surface area (Å²) in [6, 6.07) is 8.21. The number of rotatable bonds is 3. The number of nitrogens with one attached hydrogen (secondary N) is 2. The number of hydrogen-bond donors (Lipinski definition) is 2. The number of anilines is 2. The third kappa shape index (κ3) is 3.16. The van der Waals surface area contributed by atoms with Crippen molar-refractivity contribution in [3.63, 3.8) is 0 Å². The molecule has 1 aromatic heterocycles. The van der Waals surface area contributed by atoms with Crippen LogP contribution in [0.1, 0.15) is 11.1 Å². The molecule has 1 aliphatic carbocycles. The van der Waals surface area contributed by atoms with Gasteiger partial charge in [0.25, 0.3) is 0 Å². The molecule has 22 heavy (non-hydrogen) atoms. The topological polar surface area (TPSA) is 70.2 Å². The van der Waals surface area contributed by atoms with Crippen molar-refractivity contribution in [3.05, 3.63) is 47.8 Å². The Labute approximate surface area is 129 Å². The fourth-order valence-corrected chi connectivity index (χ4v) is 2.63. The Morgan fingerprint density at radius 3 is 2.27 bits per heavy atom. The van der Waals surface area contributed by atoms with Gasteiger partial charge in [-0.15, -0.1) is 0 Å². The molecule has 0 aliphatic heterocycles. The van der Waals surface area contributed by atoms with E-state index >= 15 is 0 Å². The molecule has 0 spiro atoms. The van der Waals surface area contributed by atoms with Gasteiger partial charge in [-0.05, 0) is 24.0 Å². The van der Waals surface area contributed by atoms with Crippen LogP contribution in [0.25, 0.3) is 0 Å². The van der Waals surface area contributed by atoms with Crippen molar-refractivity contribution in [1.29, 1.82) is 0 Å². The van der Waals surface area contributed by atoms with Gasteiger partial charge in [0.15, 0.2) is 0 Å². The molecule has 3 rings (SSSR count). The molecule has 0 saturated heterocycles. The average Bonchev–Trinajstić information content (AvgIpc) is 2.89. The fraction of sp³-hybridized carbons (Fsp3) is 0.312.